The third-order valence-corrected chi connectivity index (χ3v) is 4.49. The highest BCUT2D eigenvalue weighted by molar-refractivity contribution is 7.10. The van der Waals surface area contributed by atoms with Gasteiger partial charge in [0.15, 0.2) is 0 Å². The van der Waals surface area contributed by atoms with Crippen LogP contribution in [0.2, 0.25) is 5.02 Å². The van der Waals surface area contributed by atoms with Crippen LogP contribution in [0.25, 0.3) is 11.3 Å². The second-order valence-electron chi connectivity index (χ2n) is 4.60. The molecule has 0 bridgehead atoms. The predicted octanol–water partition coefficient (Wildman–Crippen LogP) is 3.76. The minimum absolute atomic E-state index is 0.607. The lowest BCUT2D eigenvalue weighted by Crippen LogP contribution is -2.23. The molecule has 3 rings (SSSR count). The molecule has 0 aliphatic carbocycles. The number of aromatic nitrogens is 1. The molecule has 4 heteroatoms. The van der Waals surface area contributed by atoms with Gasteiger partial charge in [0, 0.05) is 28.4 Å². The summed E-state index contributed by atoms with van der Waals surface area (Å²) >= 11 is 7.92. The molecule has 1 aromatic carbocycles. The molecule has 2 heterocycles. The molecule has 1 fully saturated rings. The van der Waals surface area contributed by atoms with E-state index in [1.54, 1.807) is 11.3 Å². The monoisotopic (exact) mass is 278 g/mol. The minimum Gasteiger partial charge on any atom is -0.314 e. The molecule has 2 aromatic rings. The first-order valence-corrected chi connectivity index (χ1v) is 7.51. The van der Waals surface area contributed by atoms with Crippen LogP contribution in [0.15, 0.2) is 29.6 Å². The molecule has 94 valence electrons. The smallest absolute Gasteiger partial charge is 0.0948 e. The first-order valence-electron chi connectivity index (χ1n) is 6.25. The zero-order chi connectivity index (χ0) is 12.4. The van der Waals surface area contributed by atoms with Gasteiger partial charge < -0.3 is 5.32 Å². The Morgan fingerprint density at radius 1 is 1.39 bits per heavy atom. The lowest BCUT2D eigenvalue weighted by molar-refractivity contribution is 0.601. The van der Waals surface area contributed by atoms with Crippen molar-refractivity contribution in [3.63, 3.8) is 0 Å². The summed E-state index contributed by atoms with van der Waals surface area (Å²) in [7, 11) is 0. The minimum atomic E-state index is 0.607. The summed E-state index contributed by atoms with van der Waals surface area (Å²) in [6.45, 7) is 1.15. The second kappa shape index (κ2) is 5.39. The number of halogens is 1. The molecule has 1 aromatic heterocycles. The van der Waals surface area contributed by atoms with Gasteiger partial charge in [-0.2, -0.15) is 0 Å². The summed E-state index contributed by atoms with van der Waals surface area (Å²) in [6, 6.07) is 8.49. The van der Waals surface area contributed by atoms with E-state index in [1.807, 2.05) is 24.3 Å². The molecule has 0 amide bonds. The molecule has 2 nitrogen and oxygen atoms in total. The maximum atomic E-state index is 6.19. The number of hydrogen-bond donors (Lipinski definition) is 1. The van der Waals surface area contributed by atoms with Crippen molar-refractivity contribution in [1.29, 1.82) is 0 Å². The molecule has 1 aliphatic rings. The lowest BCUT2D eigenvalue weighted by atomic mass is 10.1. The van der Waals surface area contributed by atoms with Crippen molar-refractivity contribution in [2.24, 2.45) is 0 Å². The van der Waals surface area contributed by atoms with Gasteiger partial charge in [-0.25, -0.2) is 4.98 Å². The molecule has 1 saturated heterocycles. The number of benzene rings is 1. The van der Waals surface area contributed by atoms with E-state index >= 15 is 0 Å². The summed E-state index contributed by atoms with van der Waals surface area (Å²) in [5.74, 6) is 0. The number of rotatable bonds is 3. The number of thiazole rings is 1. The van der Waals surface area contributed by atoms with Crippen LogP contribution in [0.3, 0.4) is 0 Å². The highest BCUT2D eigenvalue weighted by Crippen LogP contribution is 2.29. The molecule has 0 spiro atoms. The van der Waals surface area contributed by atoms with Crippen molar-refractivity contribution in [2.45, 2.75) is 25.3 Å². The SMILES string of the molecule is Clc1ccccc1-c1csc(CC2CCCN2)n1. The first kappa shape index (κ1) is 12.2. The third kappa shape index (κ3) is 2.58. The standard InChI is InChI=1S/C14H15ClN2S/c15-12-6-2-1-5-11(12)13-9-18-14(17-13)8-10-4-3-7-16-10/h1-2,5-6,9-10,16H,3-4,7-8H2. The molecule has 18 heavy (non-hydrogen) atoms. The van der Waals surface area contributed by atoms with E-state index in [0.717, 1.165) is 29.2 Å². The summed E-state index contributed by atoms with van der Waals surface area (Å²) in [5.41, 5.74) is 2.03. The van der Waals surface area contributed by atoms with Gasteiger partial charge in [0.2, 0.25) is 0 Å². The van der Waals surface area contributed by atoms with Gasteiger partial charge >= 0.3 is 0 Å². The van der Waals surface area contributed by atoms with Gasteiger partial charge in [0.25, 0.3) is 0 Å². The van der Waals surface area contributed by atoms with E-state index in [0.29, 0.717) is 6.04 Å². The van der Waals surface area contributed by atoms with Crippen molar-refractivity contribution >= 4 is 22.9 Å². The van der Waals surface area contributed by atoms with E-state index < -0.39 is 0 Å². The Hall–Kier alpha value is -0.900. The zero-order valence-electron chi connectivity index (χ0n) is 10.0. The summed E-state index contributed by atoms with van der Waals surface area (Å²) < 4.78 is 0. The van der Waals surface area contributed by atoms with Crippen molar-refractivity contribution in [1.82, 2.24) is 10.3 Å². The molecule has 0 radical (unpaired) electrons. The summed E-state index contributed by atoms with van der Waals surface area (Å²) in [6.07, 6.45) is 3.59. The van der Waals surface area contributed by atoms with E-state index in [-0.39, 0.29) is 0 Å². The van der Waals surface area contributed by atoms with Crippen LogP contribution in [-0.4, -0.2) is 17.6 Å². The van der Waals surface area contributed by atoms with Crippen LogP contribution in [0, 0.1) is 0 Å². The maximum Gasteiger partial charge on any atom is 0.0948 e. The fourth-order valence-electron chi connectivity index (χ4n) is 2.34. The Labute approximate surface area is 116 Å². The largest absolute Gasteiger partial charge is 0.314 e. The predicted molar refractivity (Wildman–Crippen MR) is 77.3 cm³/mol. The van der Waals surface area contributed by atoms with Gasteiger partial charge in [-0.1, -0.05) is 29.8 Å². The first-order chi connectivity index (χ1) is 8.83. The summed E-state index contributed by atoms with van der Waals surface area (Å²) in [4.78, 5) is 4.70. The van der Waals surface area contributed by atoms with E-state index in [2.05, 4.69) is 10.7 Å². The van der Waals surface area contributed by atoms with Crippen molar-refractivity contribution in [3.05, 3.63) is 39.7 Å². The molecule has 1 N–H and O–H groups in total. The maximum absolute atomic E-state index is 6.19. The van der Waals surface area contributed by atoms with Crippen LogP contribution < -0.4 is 5.32 Å². The number of hydrogen-bond acceptors (Lipinski definition) is 3. The van der Waals surface area contributed by atoms with Crippen LogP contribution in [0.5, 0.6) is 0 Å². The Morgan fingerprint density at radius 2 is 2.28 bits per heavy atom. The van der Waals surface area contributed by atoms with Gasteiger partial charge in [-0.15, -0.1) is 11.3 Å². The Morgan fingerprint density at radius 3 is 3.06 bits per heavy atom. The lowest BCUT2D eigenvalue weighted by Gasteiger charge is -2.06. The molecule has 1 unspecified atom stereocenters. The zero-order valence-corrected chi connectivity index (χ0v) is 11.6. The van der Waals surface area contributed by atoms with Gasteiger partial charge in [0.05, 0.1) is 10.7 Å². The second-order valence-corrected chi connectivity index (χ2v) is 5.95. The Bertz CT molecular complexity index is 532. The number of nitrogens with zero attached hydrogens (tertiary/aromatic N) is 1. The fraction of sp³-hybridized carbons (Fsp3) is 0.357. The summed E-state index contributed by atoms with van der Waals surface area (Å²) in [5, 5.41) is 7.58. The molecule has 1 atom stereocenters. The molecule has 0 saturated carbocycles. The van der Waals surface area contributed by atoms with Crippen LogP contribution in [0.1, 0.15) is 17.8 Å². The van der Waals surface area contributed by atoms with Gasteiger partial charge in [0.1, 0.15) is 0 Å². The van der Waals surface area contributed by atoms with Crippen molar-refractivity contribution in [3.8, 4) is 11.3 Å². The molecule has 1 aliphatic heterocycles. The van der Waals surface area contributed by atoms with E-state index in [1.165, 1.54) is 17.8 Å². The average Bonchev–Trinajstić information content (AvgIpc) is 3.02. The molecular formula is C14H15ClN2S. The topological polar surface area (TPSA) is 24.9 Å². The number of nitrogens with one attached hydrogen (secondary N) is 1. The third-order valence-electron chi connectivity index (χ3n) is 3.28. The van der Waals surface area contributed by atoms with Crippen molar-refractivity contribution < 1.29 is 0 Å². The Balaban J connectivity index is 1.79. The highest BCUT2D eigenvalue weighted by atomic mass is 35.5. The quantitative estimate of drug-likeness (QED) is 0.925. The fourth-order valence-corrected chi connectivity index (χ4v) is 3.45. The van der Waals surface area contributed by atoms with Crippen molar-refractivity contribution in [2.75, 3.05) is 6.54 Å². The van der Waals surface area contributed by atoms with E-state index in [4.69, 9.17) is 16.6 Å². The Kier molecular flexibility index (Phi) is 3.64. The van der Waals surface area contributed by atoms with Gasteiger partial charge in [-0.3, -0.25) is 0 Å². The highest BCUT2D eigenvalue weighted by Gasteiger charge is 2.16. The molecular weight excluding hydrogens is 264 g/mol. The van der Waals surface area contributed by atoms with Crippen LogP contribution in [0.4, 0.5) is 0 Å². The van der Waals surface area contributed by atoms with Gasteiger partial charge in [-0.05, 0) is 25.5 Å². The average molecular weight is 279 g/mol. The van der Waals surface area contributed by atoms with Crippen LogP contribution >= 0.6 is 22.9 Å². The van der Waals surface area contributed by atoms with Crippen LogP contribution in [-0.2, 0) is 6.42 Å². The van der Waals surface area contributed by atoms with E-state index in [9.17, 15) is 0 Å². The normalized spacial score (nSPS) is 19.3.